The van der Waals surface area contributed by atoms with Crippen LogP contribution in [0.5, 0.6) is 0 Å². The Labute approximate surface area is 216 Å². The molecule has 0 unspecified atom stereocenters. The summed E-state index contributed by atoms with van der Waals surface area (Å²) in [6.45, 7) is 1.28. The Kier molecular flexibility index (Phi) is 9.09. The van der Waals surface area contributed by atoms with Gasteiger partial charge in [-0.1, -0.05) is 66.2 Å². The van der Waals surface area contributed by atoms with Gasteiger partial charge in [-0.2, -0.15) is 0 Å². The number of carbonyl (C=O) groups excluding carboxylic acids is 2. The third-order valence-corrected chi connectivity index (χ3v) is 6.59. The molecule has 1 aliphatic heterocycles. The highest BCUT2D eigenvalue weighted by atomic mass is 35.5. The summed E-state index contributed by atoms with van der Waals surface area (Å²) in [7, 11) is 0. The number of nitrogens with zero attached hydrogens (tertiary/aromatic N) is 1. The summed E-state index contributed by atoms with van der Waals surface area (Å²) in [6.07, 6.45) is 2.33. The molecular weight excluding hydrogens is 479 g/mol. The number of amides is 2. The predicted octanol–water partition coefficient (Wildman–Crippen LogP) is 4.96. The molecule has 1 saturated heterocycles. The molecule has 5 nitrogen and oxygen atoms in total. The van der Waals surface area contributed by atoms with Gasteiger partial charge in [-0.15, -0.1) is 0 Å². The van der Waals surface area contributed by atoms with Crippen LogP contribution in [0.3, 0.4) is 0 Å². The molecule has 7 heteroatoms. The molecule has 2 amide bonds. The van der Waals surface area contributed by atoms with E-state index in [2.05, 4.69) is 5.32 Å². The van der Waals surface area contributed by atoms with Gasteiger partial charge in [-0.05, 0) is 53.8 Å². The van der Waals surface area contributed by atoms with E-state index in [4.69, 9.17) is 16.3 Å². The zero-order chi connectivity index (χ0) is 25.3. The fraction of sp³-hybridized carbons (Fsp3) is 0.310. The molecule has 1 N–H and O–H groups in total. The van der Waals surface area contributed by atoms with Gasteiger partial charge in [0.05, 0.1) is 12.5 Å². The Morgan fingerprint density at radius 3 is 2.33 bits per heavy atom. The third-order valence-electron chi connectivity index (χ3n) is 6.33. The smallest absolute Gasteiger partial charge is 0.243 e. The van der Waals surface area contributed by atoms with Crippen molar-refractivity contribution in [1.82, 2.24) is 10.2 Å². The number of hydrogen-bond acceptors (Lipinski definition) is 3. The molecule has 0 aromatic heterocycles. The summed E-state index contributed by atoms with van der Waals surface area (Å²) in [6, 6.07) is 22.0. The normalized spacial score (nSPS) is 15.9. The van der Waals surface area contributed by atoms with Crippen LogP contribution in [-0.2, 0) is 33.7 Å². The quantitative estimate of drug-likeness (QED) is 0.421. The van der Waals surface area contributed by atoms with E-state index in [0.717, 1.165) is 29.5 Å². The lowest BCUT2D eigenvalue weighted by Gasteiger charge is -2.32. The number of rotatable bonds is 10. The van der Waals surface area contributed by atoms with Crippen LogP contribution < -0.4 is 5.32 Å². The van der Waals surface area contributed by atoms with E-state index in [0.29, 0.717) is 24.6 Å². The third kappa shape index (κ3) is 7.39. The Morgan fingerprint density at radius 1 is 0.972 bits per heavy atom. The topological polar surface area (TPSA) is 58.6 Å². The van der Waals surface area contributed by atoms with Gasteiger partial charge in [-0.25, -0.2) is 4.39 Å². The minimum absolute atomic E-state index is 0.0124. The van der Waals surface area contributed by atoms with Gasteiger partial charge in [0.1, 0.15) is 11.9 Å². The van der Waals surface area contributed by atoms with Gasteiger partial charge in [0.2, 0.25) is 11.8 Å². The molecule has 3 aromatic carbocycles. The molecule has 1 fully saturated rings. The number of hydrogen-bond donors (Lipinski definition) is 1. The lowest BCUT2D eigenvalue weighted by molar-refractivity contribution is -0.141. The Hall–Kier alpha value is -3.22. The first kappa shape index (κ1) is 25.9. The predicted molar refractivity (Wildman–Crippen MR) is 138 cm³/mol. The van der Waals surface area contributed by atoms with Gasteiger partial charge in [-0.3, -0.25) is 9.59 Å². The minimum Gasteiger partial charge on any atom is -0.376 e. The van der Waals surface area contributed by atoms with Crippen LogP contribution in [-0.4, -0.2) is 42.0 Å². The van der Waals surface area contributed by atoms with E-state index in [9.17, 15) is 14.0 Å². The molecule has 0 aliphatic carbocycles. The number of halogens is 2. The van der Waals surface area contributed by atoms with Gasteiger partial charge in [0.15, 0.2) is 0 Å². The zero-order valence-electron chi connectivity index (χ0n) is 20.0. The maximum Gasteiger partial charge on any atom is 0.243 e. The second kappa shape index (κ2) is 12.7. The van der Waals surface area contributed by atoms with Crippen LogP contribution >= 0.6 is 11.6 Å². The van der Waals surface area contributed by atoms with Crippen molar-refractivity contribution in [3.05, 3.63) is 106 Å². The maximum atomic E-state index is 13.7. The molecule has 2 atom stereocenters. The van der Waals surface area contributed by atoms with E-state index in [1.165, 1.54) is 12.1 Å². The van der Waals surface area contributed by atoms with Crippen molar-refractivity contribution in [2.45, 2.75) is 44.4 Å². The van der Waals surface area contributed by atoms with Crippen molar-refractivity contribution in [3.8, 4) is 0 Å². The van der Waals surface area contributed by atoms with Gasteiger partial charge >= 0.3 is 0 Å². The lowest BCUT2D eigenvalue weighted by atomic mass is 10.0. The number of benzene rings is 3. The first-order valence-electron chi connectivity index (χ1n) is 12.2. The second-order valence-electron chi connectivity index (χ2n) is 9.04. The molecule has 188 valence electrons. The van der Waals surface area contributed by atoms with Crippen molar-refractivity contribution in [1.29, 1.82) is 0 Å². The average Bonchev–Trinajstić information content (AvgIpc) is 3.41. The van der Waals surface area contributed by atoms with Crippen LogP contribution in [0.25, 0.3) is 0 Å². The number of nitrogens with one attached hydrogen (secondary N) is 1. The van der Waals surface area contributed by atoms with Crippen LogP contribution in [0.1, 0.15) is 29.5 Å². The van der Waals surface area contributed by atoms with Gasteiger partial charge in [0.25, 0.3) is 0 Å². The van der Waals surface area contributed by atoms with Gasteiger partial charge < -0.3 is 15.0 Å². The summed E-state index contributed by atoms with van der Waals surface area (Å²) in [4.78, 5) is 28.8. The number of carbonyl (C=O) groups is 2. The van der Waals surface area contributed by atoms with Gasteiger partial charge in [0, 0.05) is 31.1 Å². The minimum atomic E-state index is -0.751. The monoisotopic (exact) mass is 508 g/mol. The SMILES string of the molecule is O=C(NC[C@H]1CCCO1)[C@@H](Cc1ccccc1)N(Cc1ccc(F)cc1)C(=O)Cc1ccc(Cl)cc1. The average molecular weight is 509 g/mol. The highest BCUT2D eigenvalue weighted by Crippen LogP contribution is 2.18. The first-order chi connectivity index (χ1) is 17.5. The Morgan fingerprint density at radius 2 is 1.67 bits per heavy atom. The van der Waals surface area contributed by atoms with E-state index >= 15 is 0 Å². The summed E-state index contributed by atoms with van der Waals surface area (Å²) < 4.78 is 19.2. The van der Waals surface area contributed by atoms with E-state index in [1.807, 2.05) is 30.3 Å². The Balaban J connectivity index is 1.61. The zero-order valence-corrected chi connectivity index (χ0v) is 20.8. The fourth-order valence-electron chi connectivity index (χ4n) is 4.36. The largest absolute Gasteiger partial charge is 0.376 e. The fourth-order valence-corrected chi connectivity index (χ4v) is 4.48. The second-order valence-corrected chi connectivity index (χ2v) is 9.47. The molecule has 0 saturated carbocycles. The molecule has 1 aliphatic rings. The molecule has 3 aromatic rings. The van der Waals surface area contributed by atoms with Crippen LogP contribution in [0.4, 0.5) is 4.39 Å². The Bertz CT molecular complexity index is 1130. The van der Waals surface area contributed by atoms with E-state index < -0.39 is 6.04 Å². The number of ether oxygens (including phenoxy) is 1. The van der Waals surface area contributed by atoms with E-state index in [1.54, 1.807) is 41.3 Å². The van der Waals surface area contributed by atoms with Crippen molar-refractivity contribution in [2.75, 3.05) is 13.2 Å². The lowest BCUT2D eigenvalue weighted by Crippen LogP contribution is -2.52. The maximum absolute atomic E-state index is 13.7. The van der Waals surface area contributed by atoms with E-state index in [-0.39, 0.29) is 36.7 Å². The van der Waals surface area contributed by atoms with Crippen LogP contribution in [0.15, 0.2) is 78.9 Å². The molecule has 1 heterocycles. The van der Waals surface area contributed by atoms with Crippen molar-refractivity contribution < 1.29 is 18.7 Å². The summed E-state index contributed by atoms with van der Waals surface area (Å²) in [5.41, 5.74) is 2.48. The summed E-state index contributed by atoms with van der Waals surface area (Å²) in [5, 5.41) is 3.60. The van der Waals surface area contributed by atoms with Crippen molar-refractivity contribution in [2.24, 2.45) is 0 Å². The summed E-state index contributed by atoms with van der Waals surface area (Å²) >= 11 is 6.01. The highest BCUT2D eigenvalue weighted by Gasteiger charge is 2.31. The molecule has 36 heavy (non-hydrogen) atoms. The summed E-state index contributed by atoms with van der Waals surface area (Å²) in [5.74, 6) is -0.788. The van der Waals surface area contributed by atoms with Crippen LogP contribution in [0.2, 0.25) is 5.02 Å². The van der Waals surface area contributed by atoms with Crippen LogP contribution in [0, 0.1) is 5.82 Å². The highest BCUT2D eigenvalue weighted by molar-refractivity contribution is 6.30. The van der Waals surface area contributed by atoms with Crippen molar-refractivity contribution >= 4 is 23.4 Å². The first-order valence-corrected chi connectivity index (χ1v) is 12.6. The molecular formula is C29H30ClFN2O3. The molecule has 0 bridgehead atoms. The standard InChI is InChI=1S/C29H30ClFN2O3/c30-24-12-8-22(9-13-24)18-28(34)33(20-23-10-14-25(31)15-11-23)27(17-21-5-2-1-3-6-21)29(35)32-19-26-7-4-16-36-26/h1-3,5-6,8-15,26-27H,4,7,16-20H2,(H,32,35)/t26-,27-/m1/s1. The molecule has 0 radical (unpaired) electrons. The van der Waals surface area contributed by atoms with Crippen molar-refractivity contribution in [3.63, 3.8) is 0 Å². The molecule has 0 spiro atoms. The molecule has 4 rings (SSSR count).